The van der Waals surface area contributed by atoms with Gasteiger partial charge < -0.3 is 14.7 Å². The first-order valence-electron chi connectivity index (χ1n) is 6.53. The molecule has 0 bridgehead atoms. The molecule has 2 N–H and O–H groups in total. The molecule has 8 nitrogen and oxygen atoms in total. The Morgan fingerprint density at radius 2 is 2.43 bits per heavy atom. The molecule has 1 amide bonds. The lowest BCUT2D eigenvalue weighted by atomic mass is 10.2. The lowest BCUT2D eigenvalue weighted by molar-refractivity contribution is 0.0987. The molecule has 0 aliphatic carbocycles. The number of nitrogens with zero attached hydrogens (tertiary/aromatic N) is 4. The molecule has 1 saturated heterocycles. The zero-order valence-corrected chi connectivity index (χ0v) is 11.2. The Labute approximate surface area is 120 Å². The molecule has 3 rings (SSSR count). The van der Waals surface area contributed by atoms with Gasteiger partial charge in [0.2, 0.25) is 11.7 Å². The third-order valence-electron chi connectivity index (χ3n) is 3.44. The molecule has 2 aromatic rings. The molecule has 8 heteroatoms. The maximum atomic E-state index is 11.0. The van der Waals surface area contributed by atoms with Crippen LogP contribution in [0.2, 0.25) is 0 Å². The number of aromatic nitrogens is 2. The second-order valence-corrected chi connectivity index (χ2v) is 4.83. The van der Waals surface area contributed by atoms with Crippen LogP contribution in [0, 0.1) is 11.3 Å². The molecule has 0 radical (unpaired) electrons. The molecule has 21 heavy (non-hydrogen) atoms. The molecule has 1 fully saturated rings. The molecule has 0 aromatic carbocycles. The highest BCUT2D eigenvalue weighted by atomic mass is 16.5. The fourth-order valence-corrected chi connectivity index (χ4v) is 2.49. The Hall–Kier alpha value is -2.66. The van der Waals surface area contributed by atoms with Gasteiger partial charge in [-0.25, -0.2) is 0 Å². The number of primary amides is 1. The summed E-state index contributed by atoms with van der Waals surface area (Å²) in [6.45, 7) is 1.39. The highest BCUT2D eigenvalue weighted by molar-refractivity contribution is 5.88. The first-order valence-corrected chi connectivity index (χ1v) is 6.53. The summed E-state index contributed by atoms with van der Waals surface area (Å²) in [4.78, 5) is 17.2. The second kappa shape index (κ2) is 5.38. The van der Waals surface area contributed by atoms with Crippen molar-refractivity contribution in [2.75, 3.05) is 6.54 Å². The Balaban J connectivity index is 1.75. The van der Waals surface area contributed by atoms with Gasteiger partial charge in [0.05, 0.1) is 12.6 Å². The number of rotatable bonds is 4. The molecule has 0 spiro atoms. The van der Waals surface area contributed by atoms with Crippen molar-refractivity contribution < 1.29 is 13.7 Å². The van der Waals surface area contributed by atoms with E-state index >= 15 is 0 Å². The average Bonchev–Trinajstić information content (AvgIpc) is 3.18. The minimum Gasteiger partial charge on any atom is -0.449 e. The van der Waals surface area contributed by atoms with Crippen LogP contribution in [0.3, 0.4) is 0 Å². The Morgan fingerprint density at radius 3 is 3.10 bits per heavy atom. The van der Waals surface area contributed by atoms with Crippen molar-refractivity contribution >= 4 is 5.91 Å². The van der Waals surface area contributed by atoms with Crippen molar-refractivity contribution in [1.29, 1.82) is 5.26 Å². The fraction of sp³-hybridized carbons (Fsp3) is 0.385. The van der Waals surface area contributed by atoms with E-state index in [1.807, 2.05) is 6.07 Å². The van der Waals surface area contributed by atoms with Gasteiger partial charge in [-0.15, -0.1) is 0 Å². The molecule has 2 aromatic heterocycles. The van der Waals surface area contributed by atoms with Crippen LogP contribution in [0.15, 0.2) is 21.1 Å². The molecular weight excluding hydrogens is 274 g/mol. The molecule has 1 atom stereocenters. The van der Waals surface area contributed by atoms with E-state index in [9.17, 15) is 4.79 Å². The number of nitriles is 1. The first kappa shape index (κ1) is 13.3. The van der Waals surface area contributed by atoms with Gasteiger partial charge >= 0.3 is 0 Å². The maximum Gasteiger partial charge on any atom is 0.290 e. The SMILES string of the molecule is N#Cc1ccc(CN2CCCC2c2nc(C(N)=O)no2)o1. The summed E-state index contributed by atoms with van der Waals surface area (Å²) in [7, 11) is 0. The van der Waals surface area contributed by atoms with Gasteiger partial charge in [-0.05, 0) is 31.5 Å². The molecule has 108 valence electrons. The zero-order valence-electron chi connectivity index (χ0n) is 11.2. The summed E-state index contributed by atoms with van der Waals surface area (Å²) >= 11 is 0. The molecule has 0 saturated carbocycles. The van der Waals surface area contributed by atoms with Crippen LogP contribution in [0.25, 0.3) is 0 Å². The standard InChI is InChI=1S/C13H13N5O3/c14-6-8-3-4-9(20-8)7-18-5-1-2-10(18)13-16-12(11(15)19)17-21-13/h3-4,10H,1-2,5,7H2,(H2,15,19). The summed E-state index contributed by atoms with van der Waals surface area (Å²) < 4.78 is 10.5. The van der Waals surface area contributed by atoms with Gasteiger partial charge in [-0.2, -0.15) is 10.2 Å². The minimum atomic E-state index is -0.709. The van der Waals surface area contributed by atoms with Crippen LogP contribution in [0.1, 0.15) is 46.9 Å². The number of likely N-dealkylation sites (tertiary alicyclic amines) is 1. The third kappa shape index (κ3) is 2.64. The fourth-order valence-electron chi connectivity index (χ4n) is 2.49. The number of amides is 1. The Morgan fingerprint density at radius 1 is 1.57 bits per heavy atom. The molecule has 1 unspecified atom stereocenters. The summed E-state index contributed by atoms with van der Waals surface area (Å²) in [5, 5.41) is 12.3. The van der Waals surface area contributed by atoms with Crippen molar-refractivity contribution in [1.82, 2.24) is 15.0 Å². The van der Waals surface area contributed by atoms with E-state index in [0.29, 0.717) is 18.2 Å². The predicted molar refractivity (Wildman–Crippen MR) is 68.6 cm³/mol. The smallest absolute Gasteiger partial charge is 0.290 e. The van der Waals surface area contributed by atoms with E-state index in [-0.39, 0.29) is 17.6 Å². The molecule has 1 aliphatic heterocycles. The number of furan rings is 1. The average molecular weight is 287 g/mol. The summed E-state index contributed by atoms with van der Waals surface area (Å²) in [5.41, 5.74) is 5.12. The number of hydrogen-bond acceptors (Lipinski definition) is 7. The first-order chi connectivity index (χ1) is 10.2. The van der Waals surface area contributed by atoms with Crippen molar-refractivity contribution in [3.8, 4) is 6.07 Å². The van der Waals surface area contributed by atoms with Crippen LogP contribution >= 0.6 is 0 Å². The van der Waals surface area contributed by atoms with Crippen LogP contribution in [-0.4, -0.2) is 27.5 Å². The van der Waals surface area contributed by atoms with Gasteiger partial charge in [0.1, 0.15) is 11.8 Å². The van der Waals surface area contributed by atoms with E-state index < -0.39 is 5.91 Å². The van der Waals surface area contributed by atoms with Crippen molar-refractivity contribution in [3.63, 3.8) is 0 Å². The third-order valence-corrected chi connectivity index (χ3v) is 3.44. The van der Waals surface area contributed by atoms with E-state index in [0.717, 1.165) is 19.4 Å². The lowest BCUT2D eigenvalue weighted by Crippen LogP contribution is -2.23. The normalized spacial score (nSPS) is 18.7. The van der Waals surface area contributed by atoms with Crippen LogP contribution in [0.5, 0.6) is 0 Å². The Bertz CT molecular complexity index is 699. The van der Waals surface area contributed by atoms with Gasteiger partial charge in [0, 0.05) is 0 Å². The van der Waals surface area contributed by atoms with Gasteiger partial charge in [0.15, 0.2) is 0 Å². The Kier molecular flexibility index (Phi) is 3.41. The largest absolute Gasteiger partial charge is 0.449 e. The zero-order chi connectivity index (χ0) is 14.8. The van der Waals surface area contributed by atoms with E-state index in [4.69, 9.17) is 19.9 Å². The highest BCUT2D eigenvalue weighted by Crippen LogP contribution is 2.32. The lowest BCUT2D eigenvalue weighted by Gasteiger charge is -2.19. The minimum absolute atomic E-state index is 0.0683. The van der Waals surface area contributed by atoms with E-state index in [1.54, 1.807) is 12.1 Å². The molecule has 3 heterocycles. The number of hydrogen-bond donors (Lipinski definition) is 1. The van der Waals surface area contributed by atoms with Gasteiger partial charge in [0.25, 0.3) is 11.7 Å². The van der Waals surface area contributed by atoms with Crippen LogP contribution in [0.4, 0.5) is 0 Å². The van der Waals surface area contributed by atoms with Crippen molar-refractivity contribution in [3.05, 3.63) is 35.4 Å². The number of nitrogens with two attached hydrogens (primary N) is 1. The summed E-state index contributed by atoms with van der Waals surface area (Å²) in [6.07, 6.45) is 1.83. The van der Waals surface area contributed by atoms with E-state index in [1.165, 1.54) is 0 Å². The predicted octanol–water partition coefficient (Wildman–Crippen LogP) is 0.970. The quantitative estimate of drug-likeness (QED) is 0.888. The van der Waals surface area contributed by atoms with Gasteiger partial charge in [-0.1, -0.05) is 5.16 Å². The highest BCUT2D eigenvalue weighted by Gasteiger charge is 2.31. The monoisotopic (exact) mass is 287 g/mol. The summed E-state index contributed by atoms with van der Waals surface area (Å²) in [5.74, 6) is 0.553. The maximum absolute atomic E-state index is 11.0. The van der Waals surface area contributed by atoms with Crippen molar-refractivity contribution in [2.24, 2.45) is 5.73 Å². The van der Waals surface area contributed by atoms with E-state index in [2.05, 4.69) is 15.0 Å². The second-order valence-electron chi connectivity index (χ2n) is 4.83. The van der Waals surface area contributed by atoms with Crippen LogP contribution < -0.4 is 5.73 Å². The summed E-state index contributed by atoms with van der Waals surface area (Å²) in [6, 6.07) is 5.30. The number of carbonyl (C=O) groups is 1. The van der Waals surface area contributed by atoms with Crippen LogP contribution in [-0.2, 0) is 6.54 Å². The van der Waals surface area contributed by atoms with Gasteiger partial charge in [-0.3, -0.25) is 9.69 Å². The molecular formula is C13H13N5O3. The van der Waals surface area contributed by atoms with Crippen molar-refractivity contribution in [2.45, 2.75) is 25.4 Å². The topological polar surface area (TPSA) is 122 Å². The number of carbonyl (C=O) groups excluding carboxylic acids is 1. The molecule has 1 aliphatic rings.